The molecular weight excluding hydrogens is 236 g/mol. The van der Waals surface area contributed by atoms with Gasteiger partial charge in [0.2, 0.25) is 5.91 Å². The van der Waals surface area contributed by atoms with Crippen LogP contribution < -0.4 is 5.32 Å². The Balaban J connectivity index is 1.70. The zero-order valence-corrected chi connectivity index (χ0v) is 10.9. The molecular formula is C12H18N2O2S. The predicted octanol–water partition coefficient (Wildman–Crippen LogP) is 2.99. The van der Waals surface area contributed by atoms with Crippen molar-refractivity contribution in [2.45, 2.75) is 44.3 Å². The van der Waals surface area contributed by atoms with Crippen LogP contribution in [0.15, 0.2) is 10.6 Å². The molecule has 4 nitrogen and oxygen atoms in total. The summed E-state index contributed by atoms with van der Waals surface area (Å²) in [4.78, 5) is 11.7. The molecule has 0 aromatic carbocycles. The maximum absolute atomic E-state index is 11.7. The fourth-order valence-electron chi connectivity index (χ4n) is 2.03. The highest BCUT2D eigenvalue weighted by atomic mass is 32.2. The van der Waals surface area contributed by atoms with Crippen molar-refractivity contribution in [3.8, 4) is 0 Å². The average Bonchev–Trinajstić information content (AvgIpc) is 2.73. The first-order valence-electron chi connectivity index (χ1n) is 6.09. The molecule has 5 heteroatoms. The molecule has 1 saturated carbocycles. The summed E-state index contributed by atoms with van der Waals surface area (Å²) in [5.41, 5.74) is 0. The van der Waals surface area contributed by atoms with E-state index in [1.165, 1.54) is 32.1 Å². The summed E-state index contributed by atoms with van der Waals surface area (Å²) in [5, 5.41) is 7.13. The minimum absolute atomic E-state index is 0.00822. The Morgan fingerprint density at radius 2 is 2.29 bits per heavy atom. The summed E-state index contributed by atoms with van der Waals surface area (Å²) in [6, 6.07) is 1.73. The van der Waals surface area contributed by atoms with Gasteiger partial charge in [-0.3, -0.25) is 4.79 Å². The van der Waals surface area contributed by atoms with Gasteiger partial charge in [-0.2, -0.15) is 0 Å². The van der Waals surface area contributed by atoms with E-state index in [2.05, 4.69) is 10.5 Å². The maximum atomic E-state index is 11.7. The monoisotopic (exact) mass is 254 g/mol. The van der Waals surface area contributed by atoms with Gasteiger partial charge < -0.3 is 9.84 Å². The number of aryl methyl sites for hydroxylation is 1. The number of hydrogen-bond donors (Lipinski definition) is 1. The zero-order chi connectivity index (χ0) is 12.1. The number of carbonyl (C=O) groups excluding carboxylic acids is 1. The lowest BCUT2D eigenvalue weighted by Gasteiger charge is -2.20. The molecule has 0 spiro atoms. The van der Waals surface area contributed by atoms with E-state index in [0.717, 1.165) is 0 Å². The highest BCUT2D eigenvalue weighted by molar-refractivity contribution is 8.00. The summed E-state index contributed by atoms with van der Waals surface area (Å²) in [7, 11) is 0. The van der Waals surface area contributed by atoms with Crippen LogP contribution in [-0.4, -0.2) is 22.1 Å². The van der Waals surface area contributed by atoms with Crippen LogP contribution in [0.25, 0.3) is 0 Å². The zero-order valence-electron chi connectivity index (χ0n) is 10.1. The van der Waals surface area contributed by atoms with E-state index in [-0.39, 0.29) is 5.91 Å². The number of hydrogen-bond acceptors (Lipinski definition) is 4. The highest BCUT2D eigenvalue weighted by Crippen LogP contribution is 2.28. The summed E-state index contributed by atoms with van der Waals surface area (Å²) < 4.78 is 4.89. The lowest BCUT2D eigenvalue weighted by atomic mass is 10.0. The van der Waals surface area contributed by atoms with E-state index in [4.69, 9.17) is 4.52 Å². The summed E-state index contributed by atoms with van der Waals surface area (Å²) in [6.45, 7) is 1.80. The molecule has 1 heterocycles. The summed E-state index contributed by atoms with van der Waals surface area (Å²) in [5.74, 6) is 1.74. The van der Waals surface area contributed by atoms with Crippen molar-refractivity contribution in [2.24, 2.45) is 0 Å². The highest BCUT2D eigenvalue weighted by Gasteiger charge is 2.15. The second-order valence-corrected chi connectivity index (χ2v) is 5.73. The van der Waals surface area contributed by atoms with Crippen molar-refractivity contribution in [2.75, 3.05) is 11.1 Å². The Bertz CT molecular complexity index is 372. The summed E-state index contributed by atoms with van der Waals surface area (Å²) >= 11 is 1.76. The first-order chi connectivity index (χ1) is 8.24. The van der Waals surface area contributed by atoms with Crippen molar-refractivity contribution < 1.29 is 9.32 Å². The van der Waals surface area contributed by atoms with Crippen LogP contribution in [0.1, 0.15) is 37.9 Å². The van der Waals surface area contributed by atoms with Crippen LogP contribution in [0.5, 0.6) is 0 Å². The smallest absolute Gasteiger partial charge is 0.235 e. The third-order valence-electron chi connectivity index (χ3n) is 2.90. The number of amides is 1. The molecule has 2 rings (SSSR count). The van der Waals surface area contributed by atoms with Gasteiger partial charge in [0.15, 0.2) is 5.82 Å². The first-order valence-corrected chi connectivity index (χ1v) is 7.13. The van der Waals surface area contributed by atoms with Crippen LogP contribution in [-0.2, 0) is 4.79 Å². The van der Waals surface area contributed by atoms with Gasteiger partial charge in [0.1, 0.15) is 5.76 Å². The molecule has 0 saturated heterocycles. The van der Waals surface area contributed by atoms with Gasteiger partial charge in [-0.25, -0.2) is 0 Å². The second kappa shape index (κ2) is 6.10. The Kier molecular flexibility index (Phi) is 4.48. The fourth-order valence-corrected chi connectivity index (χ4v) is 3.16. The standard InChI is InChI=1S/C12H18N2O2S/c1-9-7-11(14-16-9)13-12(15)8-17-10-5-3-2-4-6-10/h7,10H,2-6,8H2,1H3,(H,13,14,15). The molecule has 0 aliphatic heterocycles. The van der Waals surface area contributed by atoms with Crippen molar-refractivity contribution >= 4 is 23.5 Å². The van der Waals surface area contributed by atoms with E-state index in [1.807, 2.05) is 0 Å². The molecule has 0 bridgehead atoms. The average molecular weight is 254 g/mol. The van der Waals surface area contributed by atoms with Crippen molar-refractivity contribution in [3.05, 3.63) is 11.8 Å². The normalized spacial score (nSPS) is 17.0. The lowest BCUT2D eigenvalue weighted by Crippen LogP contribution is -2.18. The minimum Gasteiger partial charge on any atom is -0.360 e. The van der Waals surface area contributed by atoms with Gasteiger partial charge in [-0.1, -0.05) is 24.4 Å². The van der Waals surface area contributed by atoms with E-state index < -0.39 is 0 Å². The van der Waals surface area contributed by atoms with Crippen molar-refractivity contribution in [1.82, 2.24) is 5.16 Å². The maximum Gasteiger partial charge on any atom is 0.235 e. The Morgan fingerprint density at radius 1 is 1.53 bits per heavy atom. The van der Waals surface area contributed by atoms with Crippen LogP contribution in [0.4, 0.5) is 5.82 Å². The fraction of sp³-hybridized carbons (Fsp3) is 0.667. The molecule has 94 valence electrons. The molecule has 1 aromatic heterocycles. The number of aromatic nitrogens is 1. The van der Waals surface area contributed by atoms with Crippen LogP contribution in [0.2, 0.25) is 0 Å². The van der Waals surface area contributed by atoms with E-state index in [9.17, 15) is 4.79 Å². The number of carbonyl (C=O) groups is 1. The Morgan fingerprint density at radius 3 is 2.94 bits per heavy atom. The molecule has 1 aliphatic rings. The van der Waals surface area contributed by atoms with Gasteiger partial charge in [0.05, 0.1) is 5.75 Å². The van der Waals surface area contributed by atoms with Gasteiger partial charge in [-0.15, -0.1) is 11.8 Å². The molecule has 1 aromatic rings. The summed E-state index contributed by atoms with van der Waals surface area (Å²) in [6.07, 6.45) is 6.47. The number of rotatable bonds is 4. The Hall–Kier alpha value is -0.970. The van der Waals surface area contributed by atoms with E-state index in [0.29, 0.717) is 22.6 Å². The first kappa shape index (κ1) is 12.5. The SMILES string of the molecule is Cc1cc(NC(=O)CSC2CCCCC2)no1. The van der Waals surface area contributed by atoms with Crippen molar-refractivity contribution in [1.29, 1.82) is 0 Å². The molecule has 1 amide bonds. The lowest BCUT2D eigenvalue weighted by molar-refractivity contribution is -0.113. The molecule has 0 atom stereocenters. The minimum atomic E-state index is 0.00822. The van der Waals surface area contributed by atoms with Crippen LogP contribution in [0, 0.1) is 6.92 Å². The largest absolute Gasteiger partial charge is 0.360 e. The van der Waals surface area contributed by atoms with Gasteiger partial charge in [0.25, 0.3) is 0 Å². The van der Waals surface area contributed by atoms with E-state index >= 15 is 0 Å². The van der Waals surface area contributed by atoms with Crippen molar-refractivity contribution in [3.63, 3.8) is 0 Å². The number of thioether (sulfide) groups is 1. The molecule has 1 aliphatic carbocycles. The molecule has 0 radical (unpaired) electrons. The third-order valence-corrected chi connectivity index (χ3v) is 4.27. The van der Waals surface area contributed by atoms with Gasteiger partial charge in [-0.05, 0) is 19.8 Å². The number of anilines is 1. The van der Waals surface area contributed by atoms with Gasteiger partial charge in [0, 0.05) is 11.3 Å². The number of nitrogens with zero attached hydrogens (tertiary/aromatic N) is 1. The quantitative estimate of drug-likeness (QED) is 0.897. The molecule has 0 unspecified atom stereocenters. The second-order valence-electron chi connectivity index (χ2n) is 4.44. The molecule has 1 N–H and O–H groups in total. The topological polar surface area (TPSA) is 55.1 Å². The van der Waals surface area contributed by atoms with Crippen LogP contribution >= 0.6 is 11.8 Å². The van der Waals surface area contributed by atoms with Crippen LogP contribution in [0.3, 0.4) is 0 Å². The third kappa shape index (κ3) is 4.07. The Labute approximate surface area is 106 Å². The van der Waals surface area contributed by atoms with Gasteiger partial charge >= 0.3 is 0 Å². The molecule has 1 fully saturated rings. The van der Waals surface area contributed by atoms with E-state index in [1.54, 1.807) is 24.8 Å². The number of nitrogens with one attached hydrogen (secondary N) is 1. The predicted molar refractivity (Wildman–Crippen MR) is 69.2 cm³/mol. The molecule has 17 heavy (non-hydrogen) atoms.